The molecule has 4 nitrogen and oxygen atoms in total. The highest BCUT2D eigenvalue weighted by atomic mass is 16.5. The summed E-state index contributed by atoms with van der Waals surface area (Å²) in [5.74, 6) is 0.260. The fourth-order valence-corrected chi connectivity index (χ4v) is 1.32. The van der Waals surface area contributed by atoms with Crippen LogP contribution in [-0.4, -0.2) is 48.3 Å². The van der Waals surface area contributed by atoms with Gasteiger partial charge in [0.2, 0.25) is 0 Å². The maximum absolute atomic E-state index is 11.7. The molecule has 0 unspecified atom stereocenters. The average molecular weight is 187 g/mol. The molecule has 1 saturated heterocycles. The summed E-state index contributed by atoms with van der Waals surface area (Å²) < 4.78 is 5.07. The van der Waals surface area contributed by atoms with Gasteiger partial charge in [0.15, 0.2) is 0 Å². The number of nitrogens with zero attached hydrogens (tertiary/aromatic N) is 1. The lowest BCUT2D eigenvalue weighted by Gasteiger charge is -2.41. The number of carbonyl (C=O) groups is 1. The van der Waals surface area contributed by atoms with E-state index in [1.165, 1.54) is 7.11 Å². The highest BCUT2D eigenvalue weighted by Crippen LogP contribution is 2.20. The van der Waals surface area contributed by atoms with Crippen molar-refractivity contribution >= 4 is 5.91 Å². The zero-order chi connectivity index (χ0) is 10.1. The van der Waals surface area contributed by atoms with E-state index in [1.807, 2.05) is 0 Å². The largest absolute Gasteiger partial charge is 0.396 e. The molecule has 0 aromatic rings. The second-order valence-electron chi connectivity index (χ2n) is 3.97. The molecule has 13 heavy (non-hydrogen) atoms. The molecule has 0 atom stereocenters. The first-order chi connectivity index (χ1) is 6.01. The van der Waals surface area contributed by atoms with Crippen LogP contribution in [0.15, 0.2) is 0 Å². The van der Waals surface area contributed by atoms with E-state index in [4.69, 9.17) is 9.84 Å². The minimum absolute atomic E-state index is 0.000278. The normalized spacial score (nSPS) is 18.6. The molecular formula is C9H17NO3. The Balaban J connectivity index is 2.43. The minimum Gasteiger partial charge on any atom is -0.396 e. The molecule has 0 bridgehead atoms. The van der Waals surface area contributed by atoms with Gasteiger partial charge in [0.05, 0.1) is 0 Å². The highest BCUT2D eigenvalue weighted by Gasteiger charge is 2.38. The standard InChI is InChI=1S/C9H17NO3/c1-9(2,13-3)8(12)10-4-7(5-10)6-11/h7,11H,4-6H2,1-3H3. The number of hydrogen-bond donors (Lipinski definition) is 1. The van der Waals surface area contributed by atoms with Gasteiger partial charge in [-0.05, 0) is 13.8 Å². The van der Waals surface area contributed by atoms with E-state index >= 15 is 0 Å². The topological polar surface area (TPSA) is 49.8 Å². The molecule has 1 aliphatic rings. The fraction of sp³-hybridized carbons (Fsp3) is 0.889. The number of ether oxygens (including phenoxy) is 1. The van der Waals surface area contributed by atoms with Gasteiger partial charge in [-0.3, -0.25) is 4.79 Å². The number of methoxy groups -OCH3 is 1. The second kappa shape index (κ2) is 3.64. The first kappa shape index (κ1) is 10.5. The SMILES string of the molecule is COC(C)(C)C(=O)N1CC(CO)C1. The zero-order valence-electron chi connectivity index (χ0n) is 8.41. The van der Waals surface area contributed by atoms with Crippen LogP contribution in [0.2, 0.25) is 0 Å². The molecule has 4 heteroatoms. The molecule has 1 N–H and O–H groups in total. The lowest BCUT2D eigenvalue weighted by atomic mass is 9.97. The first-order valence-corrected chi connectivity index (χ1v) is 4.46. The number of aliphatic hydroxyl groups excluding tert-OH is 1. The molecule has 0 saturated carbocycles. The summed E-state index contributed by atoms with van der Waals surface area (Å²) in [6, 6.07) is 0. The smallest absolute Gasteiger partial charge is 0.254 e. The third-order valence-corrected chi connectivity index (χ3v) is 2.53. The van der Waals surface area contributed by atoms with Crippen LogP contribution in [0.3, 0.4) is 0 Å². The molecule has 76 valence electrons. The Hall–Kier alpha value is -0.610. The Labute approximate surface area is 78.5 Å². The van der Waals surface area contributed by atoms with Gasteiger partial charge in [-0.15, -0.1) is 0 Å². The second-order valence-corrected chi connectivity index (χ2v) is 3.97. The predicted octanol–water partition coefficient (Wildman–Crippen LogP) is -0.138. The summed E-state index contributed by atoms with van der Waals surface area (Å²) in [7, 11) is 1.53. The van der Waals surface area contributed by atoms with Crippen molar-refractivity contribution in [3.63, 3.8) is 0 Å². The first-order valence-electron chi connectivity index (χ1n) is 4.46. The molecule has 1 heterocycles. The van der Waals surface area contributed by atoms with E-state index in [1.54, 1.807) is 18.7 Å². The number of carbonyl (C=O) groups excluding carboxylic acids is 1. The maximum atomic E-state index is 11.7. The van der Waals surface area contributed by atoms with Crippen LogP contribution in [0.1, 0.15) is 13.8 Å². The van der Waals surface area contributed by atoms with Crippen molar-refractivity contribution in [2.75, 3.05) is 26.8 Å². The van der Waals surface area contributed by atoms with E-state index in [2.05, 4.69) is 0 Å². The van der Waals surface area contributed by atoms with Gasteiger partial charge in [0.25, 0.3) is 5.91 Å². The number of hydrogen-bond acceptors (Lipinski definition) is 3. The van der Waals surface area contributed by atoms with E-state index in [0.29, 0.717) is 13.1 Å². The Morgan fingerprint density at radius 3 is 2.54 bits per heavy atom. The fourth-order valence-electron chi connectivity index (χ4n) is 1.32. The van der Waals surface area contributed by atoms with Crippen LogP contribution >= 0.6 is 0 Å². The van der Waals surface area contributed by atoms with Crippen molar-refractivity contribution in [1.29, 1.82) is 0 Å². The quantitative estimate of drug-likeness (QED) is 0.669. The van der Waals surface area contributed by atoms with Crippen molar-refractivity contribution < 1.29 is 14.6 Å². The number of likely N-dealkylation sites (tertiary alicyclic amines) is 1. The Morgan fingerprint density at radius 2 is 2.15 bits per heavy atom. The molecule has 0 aliphatic carbocycles. The molecule has 1 aliphatic heterocycles. The molecule has 1 amide bonds. The lowest BCUT2D eigenvalue weighted by Crippen LogP contribution is -2.57. The van der Waals surface area contributed by atoms with E-state index < -0.39 is 5.60 Å². The van der Waals surface area contributed by atoms with Crippen LogP contribution < -0.4 is 0 Å². The predicted molar refractivity (Wildman–Crippen MR) is 48.2 cm³/mol. The Bertz CT molecular complexity index is 197. The van der Waals surface area contributed by atoms with Gasteiger partial charge in [0.1, 0.15) is 5.60 Å². The maximum Gasteiger partial charge on any atom is 0.254 e. The van der Waals surface area contributed by atoms with Crippen LogP contribution in [-0.2, 0) is 9.53 Å². The molecule has 0 aromatic heterocycles. The molecule has 1 rings (SSSR count). The third kappa shape index (κ3) is 2.00. The molecule has 0 spiro atoms. The number of rotatable bonds is 3. The summed E-state index contributed by atoms with van der Waals surface area (Å²) in [6.07, 6.45) is 0. The van der Waals surface area contributed by atoms with Crippen molar-refractivity contribution in [1.82, 2.24) is 4.90 Å². The summed E-state index contributed by atoms with van der Waals surface area (Å²) in [5, 5.41) is 8.78. The minimum atomic E-state index is -0.736. The van der Waals surface area contributed by atoms with Crippen molar-refractivity contribution in [2.45, 2.75) is 19.4 Å². The Morgan fingerprint density at radius 1 is 1.62 bits per heavy atom. The van der Waals surface area contributed by atoms with Crippen LogP contribution in [0.5, 0.6) is 0 Å². The average Bonchev–Trinajstić information content (AvgIpc) is 2.02. The van der Waals surface area contributed by atoms with Crippen molar-refractivity contribution in [3.05, 3.63) is 0 Å². The Kier molecular flexibility index (Phi) is 2.93. The summed E-state index contributed by atoms with van der Waals surface area (Å²) in [6.45, 7) is 4.98. The van der Waals surface area contributed by atoms with Crippen molar-refractivity contribution in [2.24, 2.45) is 5.92 Å². The van der Waals surface area contributed by atoms with E-state index in [-0.39, 0.29) is 18.4 Å². The molecule has 0 radical (unpaired) electrons. The third-order valence-electron chi connectivity index (χ3n) is 2.53. The summed E-state index contributed by atoms with van der Waals surface area (Å²) >= 11 is 0. The van der Waals surface area contributed by atoms with Gasteiger partial charge in [-0.25, -0.2) is 0 Å². The number of amides is 1. The van der Waals surface area contributed by atoms with Crippen molar-refractivity contribution in [3.8, 4) is 0 Å². The lowest BCUT2D eigenvalue weighted by molar-refractivity contribution is -0.158. The van der Waals surface area contributed by atoms with Gasteiger partial charge in [-0.2, -0.15) is 0 Å². The van der Waals surface area contributed by atoms with E-state index in [0.717, 1.165) is 0 Å². The van der Waals surface area contributed by atoms with Gasteiger partial charge in [-0.1, -0.05) is 0 Å². The van der Waals surface area contributed by atoms with Crippen LogP contribution in [0.4, 0.5) is 0 Å². The van der Waals surface area contributed by atoms with Gasteiger partial charge in [0, 0.05) is 32.7 Å². The molecule has 0 aromatic carbocycles. The van der Waals surface area contributed by atoms with Crippen LogP contribution in [0.25, 0.3) is 0 Å². The molecule has 1 fully saturated rings. The van der Waals surface area contributed by atoms with E-state index in [9.17, 15) is 4.79 Å². The number of aliphatic hydroxyl groups is 1. The molecular weight excluding hydrogens is 170 g/mol. The monoisotopic (exact) mass is 187 g/mol. The summed E-state index contributed by atoms with van der Waals surface area (Å²) in [4.78, 5) is 13.4. The van der Waals surface area contributed by atoms with Gasteiger partial charge >= 0.3 is 0 Å². The zero-order valence-corrected chi connectivity index (χ0v) is 8.41. The van der Waals surface area contributed by atoms with Gasteiger partial charge < -0.3 is 14.7 Å². The highest BCUT2D eigenvalue weighted by molar-refractivity contribution is 5.85. The van der Waals surface area contributed by atoms with Crippen LogP contribution in [0, 0.1) is 5.92 Å². The summed E-state index contributed by atoms with van der Waals surface area (Å²) in [5.41, 5.74) is -0.736.